The zero-order valence-electron chi connectivity index (χ0n) is 12.6. The molecule has 1 aromatic rings. The molecule has 0 atom stereocenters. The summed E-state index contributed by atoms with van der Waals surface area (Å²) in [6, 6.07) is 0.317. The highest BCUT2D eigenvalue weighted by atomic mass is 32.2. The third kappa shape index (κ3) is 4.91. The van der Waals surface area contributed by atoms with Crippen LogP contribution in [0.15, 0.2) is 9.95 Å². The van der Waals surface area contributed by atoms with Gasteiger partial charge in [-0.2, -0.15) is 0 Å². The molecule has 1 saturated carbocycles. The van der Waals surface area contributed by atoms with Crippen LogP contribution in [0.4, 0.5) is 0 Å². The minimum absolute atomic E-state index is 0.0328. The van der Waals surface area contributed by atoms with Crippen LogP contribution >= 0.6 is 11.8 Å². The van der Waals surface area contributed by atoms with Crippen LogP contribution in [-0.2, 0) is 11.3 Å². The van der Waals surface area contributed by atoms with Crippen LogP contribution in [0.2, 0.25) is 0 Å². The van der Waals surface area contributed by atoms with E-state index in [-0.39, 0.29) is 11.6 Å². The lowest BCUT2D eigenvalue weighted by atomic mass is 10.1. The van der Waals surface area contributed by atoms with Gasteiger partial charge in [0.2, 0.25) is 5.91 Å². The average Bonchev–Trinajstić information content (AvgIpc) is 2.67. The molecule has 0 spiro atoms. The van der Waals surface area contributed by atoms with Crippen molar-refractivity contribution in [1.29, 1.82) is 0 Å². The van der Waals surface area contributed by atoms with Crippen LogP contribution in [0.3, 0.4) is 0 Å². The van der Waals surface area contributed by atoms with E-state index in [1.165, 1.54) is 37.4 Å². The molecule has 7 heteroatoms. The normalized spacial score (nSPS) is 16.6. The Balaban J connectivity index is 1.82. The third-order valence-corrected chi connectivity index (χ3v) is 4.70. The van der Waals surface area contributed by atoms with E-state index >= 15 is 0 Å². The first-order valence-corrected chi connectivity index (χ1v) is 8.76. The molecule has 1 fully saturated rings. The molecule has 0 unspecified atom stereocenters. The number of hydrogen-bond acceptors (Lipinski definition) is 4. The highest BCUT2D eigenvalue weighted by Gasteiger charge is 2.16. The van der Waals surface area contributed by atoms with Crippen molar-refractivity contribution in [3.05, 3.63) is 10.5 Å². The summed E-state index contributed by atoms with van der Waals surface area (Å²) >= 11 is 1.32. The van der Waals surface area contributed by atoms with Crippen molar-refractivity contribution in [2.45, 2.75) is 69.6 Å². The summed E-state index contributed by atoms with van der Waals surface area (Å²) in [7, 11) is 0. The molecule has 1 aliphatic rings. The molecule has 0 aliphatic heterocycles. The van der Waals surface area contributed by atoms with E-state index in [2.05, 4.69) is 15.5 Å². The summed E-state index contributed by atoms with van der Waals surface area (Å²) in [6.07, 6.45) is 7.98. The number of rotatable bonds is 6. The summed E-state index contributed by atoms with van der Waals surface area (Å²) in [5.41, 5.74) is -0.205. The predicted molar refractivity (Wildman–Crippen MR) is 83.5 cm³/mol. The number of thioether (sulfide) groups is 1. The van der Waals surface area contributed by atoms with Crippen LogP contribution < -0.4 is 11.0 Å². The predicted octanol–water partition coefficient (Wildman–Crippen LogP) is 1.91. The molecule has 21 heavy (non-hydrogen) atoms. The van der Waals surface area contributed by atoms with E-state index in [1.807, 2.05) is 6.92 Å². The smallest absolute Gasteiger partial charge is 0.343 e. The van der Waals surface area contributed by atoms with Crippen LogP contribution in [-0.4, -0.2) is 32.5 Å². The Hall–Kier alpha value is -1.24. The Morgan fingerprint density at radius 2 is 2.10 bits per heavy atom. The van der Waals surface area contributed by atoms with Crippen molar-refractivity contribution < 1.29 is 4.79 Å². The average molecular weight is 312 g/mol. The SMILES string of the molecule is CCCn1c(SCC(=O)NC2CCCCCC2)n[nH]c1=O. The first-order chi connectivity index (χ1) is 10.2. The Labute approximate surface area is 129 Å². The van der Waals surface area contributed by atoms with Gasteiger partial charge < -0.3 is 5.32 Å². The molecule has 0 bridgehead atoms. The number of H-pyrrole nitrogens is 1. The summed E-state index contributed by atoms with van der Waals surface area (Å²) in [5, 5.41) is 10.1. The molecule has 0 radical (unpaired) electrons. The van der Waals surface area contributed by atoms with Crippen LogP contribution in [0.1, 0.15) is 51.9 Å². The molecule has 1 aromatic heterocycles. The van der Waals surface area contributed by atoms with Crippen molar-refractivity contribution >= 4 is 17.7 Å². The summed E-state index contributed by atoms with van der Waals surface area (Å²) in [4.78, 5) is 23.6. The quantitative estimate of drug-likeness (QED) is 0.621. The molecule has 1 aliphatic carbocycles. The Morgan fingerprint density at radius 3 is 2.76 bits per heavy atom. The van der Waals surface area contributed by atoms with Gasteiger partial charge in [-0.25, -0.2) is 9.89 Å². The fourth-order valence-corrected chi connectivity index (χ4v) is 3.44. The van der Waals surface area contributed by atoms with E-state index in [4.69, 9.17) is 0 Å². The van der Waals surface area contributed by atoms with Crippen LogP contribution in [0, 0.1) is 0 Å². The summed E-state index contributed by atoms with van der Waals surface area (Å²) in [6.45, 7) is 2.63. The van der Waals surface area contributed by atoms with Gasteiger partial charge >= 0.3 is 5.69 Å². The largest absolute Gasteiger partial charge is 0.353 e. The van der Waals surface area contributed by atoms with Crippen LogP contribution in [0.5, 0.6) is 0 Å². The van der Waals surface area contributed by atoms with E-state index in [0.717, 1.165) is 19.3 Å². The molecule has 1 amide bonds. The molecule has 0 aromatic carbocycles. The van der Waals surface area contributed by atoms with Crippen molar-refractivity contribution in [2.24, 2.45) is 0 Å². The monoisotopic (exact) mass is 312 g/mol. The minimum Gasteiger partial charge on any atom is -0.353 e. The highest BCUT2D eigenvalue weighted by Crippen LogP contribution is 2.18. The number of nitrogens with zero attached hydrogens (tertiary/aromatic N) is 2. The number of aromatic nitrogens is 3. The fraction of sp³-hybridized carbons (Fsp3) is 0.786. The number of aromatic amines is 1. The van der Waals surface area contributed by atoms with Gasteiger partial charge in [-0.05, 0) is 19.3 Å². The fourth-order valence-electron chi connectivity index (χ4n) is 2.66. The van der Waals surface area contributed by atoms with E-state index in [9.17, 15) is 9.59 Å². The maximum Gasteiger partial charge on any atom is 0.343 e. The maximum absolute atomic E-state index is 12.0. The lowest BCUT2D eigenvalue weighted by Gasteiger charge is -2.15. The number of carbonyl (C=O) groups is 1. The molecule has 118 valence electrons. The van der Waals surface area contributed by atoms with E-state index in [1.54, 1.807) is 4.57 Å². The maximum atomic E-state index is 12.0. The van der Waals surface area contributed by atoms with Crippen molar-refractivity contribution in [1.82, 2.24) is 20.1 Å². The Morgan fingerprint density at radius 1 is 1.38 bits per heavy atom. The van der Waals surface area contributed by atoms with Gasteiger partial charge in [-0.15, -0.1) is 5.10 Å². The zero-order valence-corrected chi connectivity index (χ0v) is 13.4. The lowest BCUT2D eigenvalue weighted by molar-refractivity contribution is -0.119. The zero-order chi connectivity index (χ0) is 15.1. The van der Waals surface area contributed by atoms with Gasteiger partial charge in [0.25, 0.3) is 0 Å². The number of hydrogen-bond donors (Lipinski definition) is 2. The molecule has 6 nitrogen and oxygen atoms in total. The Bertz CT molecular complexity index is 503. The van der Waals surface area contributed by atoms with Crippen LogP contribution in [0.25, 0.3) is 0 Å². The topological polar surface area (TPSA) is 79.8 Å². The first kappa shape index (κ1) is 16.1. The van der Waals surface area contributed by atoms with Gasteiger partial charge in [0.1, 0.15) is 0 Å². The minimum atomic E-state index is -0.205. The van der Waals surface area contributed by atoms with E-state index < -0.39 is 0 Å². The van der Waals surface area contributed by atoms with Crippen molar-refractivity contribution in [3.8, 4) is 0 Å². The second kappa shape index (κ2) is 8.26. The lowest BCUT2D eigenvalue weighted by Crippen LogP contribution is -2.35. The van der Waals surface area contributed by atoms with Gasteiger partial charge in [-0.3, -0.25) is 9.36 Å². The standard InChI is InChI=1S/C14H24N4O2S/c1-2-9-18-13(20)16-17-14(18)21-10-12(19)15-11-7-5-3-4-6-8-11/h11H,2-10H2,1H3,(H,15,19)(H,16,20). The third-order valence-electron chi connectivity index (χ3n) is 3.72. The molecular weight excluding hydrogens is 288 g/mol. The molecule has 1 heterocycles. The second-order valence-corrected chi connectivity index (χ2v) is 6.45. The molecule has 2 rings (SSSR count). The summed E-state index contributed by atoms with van der Waals surface area (Å²) in [5.74, 6) is 0.343. The highest BCUT2D eigenvalue weighted by molar-refractivity contribution is 7.99. The molecular formula is C14H24N4O2S. The second-order valence-electron chi connectivity index (χ2n) is 5.51. The van der Waals surface area contributed by atoms with E-state index in [0.29, 0.717) is 23.5 Å². The number of amides is 1. The van der Waals surface area contributed by atoms with Gasteiger partial charge in [-0.1, -0.05) is 44.4 Å². The first-order valence-electron chi connectivity index (χ1n) is 7.78. The Kier molecular flexibility index (Phi) is 6.35. The molecule has 0 saturated heterocycles. The molecule has 2 N–H and O–H groups in total. The van der Waals surface area contributed by atoms with Gasteiger partial charge in [0.15, 0.2) is 5.16 Å². The van der Waals surface area contributed by atoms with Crippen molar-refractivity contribution in [3.63, 3.8) is 0 Å². The number of carbonyl (C=O) groups excluding carboxylic acids is 1. The van der Waals surface area contributed by atoms with Gasteiger partial charge in [0.05, 0.1) is 5.75 Å². The van der Waals surface area contributed by atoms with Gasteiger partial charge in [0, 0.05) is 12.6 Å². The van der Waals surface area contributed by atoms with Crippen molar-refractivity contribution in [2.75, 3.05) is 5.75 Å². The number of nitrogens with one attached hydrogen (secondary N) is 2. The summed E-state index contributed by atoms with van der Waals surface area (Å²) < 4.78 is 1.59.